The lowest BCUT2D eigenvalue weighted by molar-refractivity contribution is 0.218. The fraction of sp³-hybridized carbons (Fsp3) is 1.00. The van der Waals surface area contributed by atoms with Crippen LogP contribution in [0.3, 0.4) is 0 Å². The third-order valence-electron chi connectivity index (χ3n) is 1.69. The van der Waals surface area contributed by atoms with Crippen LogP contribution < -0.4 is 5.32 Å². The second-order valence-electron chi connectivity index (χ2n) is 3.16. The van der Waals surface area contributed by atoms with Crippen LogP contribution in [0.25, 0.3) is 0 Å². The Morgan fingerprint density at radius 3 is 2.77 bits per heavy atom. The normalized spacial score (nSPS) is 15.6. The van der Waals surface area contributed by atoms with Crippen LogP contribution in [0.5, 0.6) is 0 Å². The van der Waals surface area contributed by atoms with Gasteiger partial charge in [-0.3, -0.25) is 4.21 Å². The van der Waals surface area contributed by atoms with E-state index in [2.05, 4.69) is 19.2 Å². The average molecular weight is 207 g/mol. The van der Waals surface area contributed by atoms with Gasteiger partial charge in [-0.15, -0.1) is 0 Å². The molecule has 0 aromatic heterocycles. The van der Waals surface area contributed by atoms with Gasteiger partial charge in [0.15, 0.2) is 0 Å². The lowest BCUT2D eigenvalue weighted by atomic mass is 10.3. The van der Waals surface area contributed by atoms with Gasteiger partial charge in [-0.25, -0.2) is 0 Å². The van der Waals surface area contributed by atoms with Crippen LogP contribution >= 0.6 is 0 Å². The summed E-state index contributed by atoms with van der Waals surface area (Å²) in [6.07, 6.45) is 1.12. The highest BCUT2D eigenvalue weighted by Gasteiger charge is 2.05. The Morgan fingerprint density at radius 1 is 1.54 bits per heavy atom. The van der Waals surface area contributed by atoms with Crippen LogP contribution in [0.4, 0.5) is 0 Å². The van der Waals surface area contributed by atoms with E-state index in [0.717, 1.165) is 18.7 Å². The van der Waals surface area contributed by atoms with E-state index in [-0.39, 0.29) is 0 Å². The summed E-state index contributed by atoms with van der Waals surface area (Å²) in [5.74, 6) is 1.37. The van der Waals surface area contributed by atoms with Gasteiger partial charge in [0, 0.05) is 35.5 Å². The highest BCUT2D eigenvalue weighted by molar-refractivity contribution is 7.85. The molecular formula is C9H21NO2S. The first-order chi connectivity index (χ1) is 6.20. The summed E-state index contributed by atoms with van der Waals surface area (Å²) in [4.78, 5) is 0. The molecule has 0 spiro atoms. The third-order valence-corrected chi connectivity index (χ3v) is 3.19. The number of hydrogen-bond acceptors (Lipinski definition) is 3. The van der Waals surface area contributed by atoms with Crippen molar-refractivity contribution in [2.45, 2.75) is 26.3 Å². The molecule has 0 aliphatic rings. The second kappa shape index (κ2) is 8.66. The largest absolute Gasteiger partial charge is 0.384 e. The minimum absolute atomic E-state index is 0.345. The van der Waals surface area contributed by atoms with Crippen molar-refractivity contribution in [1.82, 2.24) is 5.32 Å². The Morgan fingerprint density at radius 2 is 2.23 bits per heavy atom. The van der Waals surface area contributed by atoms with Gasteiger partial charge >= 0.3 is 0 Å². The molecule has 0 aliphatic heterocycles. The van der Waals surface area contributed by atoms with E-state index in [0.29, 0.717) is 18.4 Å². The zero-order chi connectivity index (χ0) is 10.1. The van der Waals surface area contributed by atoms with Gasteiger partial charge in [0.05, 0.1) is 6.61 Å². The first-order valence-corrected chi connectivity index (χ1v) is 6.26. The van der Waals surface area contributed by atoms with Gasteiger partial charge in [-0.05, 0) is 19.9 Å². The van der Waals surface area contributed by atoms with Crippen molar-refractivity contribution in [1.29, 1.82) is 0 Å². The van der Waals surface area contributed by atoms with Gasteiger partial charge in [0.2, 0.25) is 0 Å². The van der Waals surface area contributed by atoms with Gasteiger partial charge in [-0.1, -0.05) is 6.92 Å². The Labute approximate surface area is 83.7 Å². The highest BCUT2D eigenvalue weighted by Crippen LogP contribution is 1.90. The van der Waals surface area contributed by atoms with E-state index in [1.807, 2.05) is 0 Å². The number of methoxy groups -OCH3 is 1. The van der Waals surface area contributed by atoms with Crippen molar-refractivity contribution in [2.75, 3.05) is 31.8 Å². The summed E-state index contributed by atoms with van der Waals surface area (Å²) >= 11 is 0. The minimum atomic E-state index is -0.741. The lowest BCUT2D eigenvalue weighted by Crippen LogP contribution is -2.32. The molecule has 0 fully saturated rings. The molecule has 0 saturated carbocycles. The van der Waals surface area contributed by atoms with E-state index in [1.165, 1.54) is 0 Å². The number of rotatable bonds is 8. The molecule has 0 saturated heterocycles. The van der Waals surface area contributed by atoms with E-state index >= 15 is 0 Å². The molecular weight excluding hydrogens is 186 g/mol. The molecule has 0 rings (SSSR count). The van der Waals surface area contributed by atoms with Crippen LogP contribution in [0.1, 0.15) is 20.3 Å². The highest BCUT2D eigenvalue weighted by atomic mass is 32.2. The molecule has 0 radical (unpaired) electrons. The van der Waals surface area contributed by atoms with Crippen LogP contribution in [-0.2, 0) is 15.5 Å². The van der Waals surface area contributed by atoms with Gasteiger partial charge in [0.1, 0.15) is 0 Å². The standard InChI is InChI=1S/C9H21NO2S/c1-4-5-10-9(2)8-13(11)7-6-12-3/h9-10H,4-8H2,1-3H3. The number of hydrogen-bond donors (Lipinski definition) is 1. The SMILES string of the molecule is CCCNC(C)CS(=O)CCOC. The number of nitrogens with one attached hydrogen (secondary N) is 1. The molecule has 2 unspecified atom stereocenters. The maximum atomic E-state index is 11.4. The minimum Gasteiger partial charge on any atom is -0.384 e. The molecule has 2 atom stereocenters. The molecule has 3 nitrogen and oxygen atoms in total. The van der Waals surface area contributed by atoms with E-state index in [9.17, 15) is 4.21 Å². The quantitative estimate of drug-likeness (QED) is 0.639. The molecule has 0 heterocycles. The summed E-state index contributed by atoms with van der Waals surface area (Å²) in [5.41, 5.74) is 0. The fourth-order valence-electron chi connectivity index (χ4n) is 0.988. The second-order valence-corrected chi connectivity index (χ2v) is 4.78. The number of ether oxygens (including phenoxy) is 1. The molecule has 0 bridgehead atoms. The van der Waals surface area contributed by atoms with Crippen molar-refractivity contribution in [3.8, 4) is 0 Å². The lowest BCUT2D eigenvalue weighted by Gasteiger charge is -2.12. The van der Waals surface area contributed by atoms with Gasteiger partial charge in [-0.2, -0.15) is 0 Å². The molecule has 4 heteroatoms. The van der Waals surface area contributed by atoms with Gasteiger partial charge in [0.25, 0.3) is 0 Å². The molecule has 0 aromatic carbocycles. The van der Waals surface area contributed by atoms with Crippen molar-refractivity contribution in [2.24, 2.45) is 0 Å². The monoisotopic (exact) mass is 207 g/mol. The van der Waals surface area contributed by atoms with Crippen LogP contribution in [-0.4, -0.2) is 42.0 Å². The van der Waals surface area contributed by atoms with E-state index in [4.69, 9.17) is 4.74 Å². The van der Waals surface area contributed by atoms with E-state index in [1.54, 1.807) is 7.11 Å². The van der Waals surface area contributed by atoms with Crippen molar-refractivity contribution >= 4 is 10.8 Å². The zero-order valence-electron chi connectivity index (χ0n) is 8.84. The predicted octanol–water partition coefficient (Wildman–Crippen LogP) is 0.770. The Kier molecular flexibility index (Phi) is 8.71. The molecule has 0 aliphatic carbocycles. The van der Waals surface area contributed by atoms with Crippen molar-refractivity contribution in [3.63, 3.8) is 0 Å². The van der Waals surface area contributed by atoms with Crippen molar-refractivity contribution in [3.05, 3.63) is 0 Å². The summed E-state index contributed by atoms with van der Waals surface area (Å²) in [7, 11) is 0.894. The Bertz CT molecular complexity index is 142. The first-order valence-electron chi connectivity index (χ1n) is 4.78. The molecule has 0 aromatic rings. The van der Waals surface area contributed by atoms with Crippen LogP contribution in [0.15, 0.2) is 0 Å². The van der Waals surface area contributed by atoms with Gasteiger partial charge < -0.3 is 10.1 Å². The third kappa shape index (κ3) is 8.40. The van der Waals surface area contributed by atoms with E-state index < -0.39 is 10.8 Å². The average Bonchev–Trinajstić information content (AvgIpc) is 2.11. The summed E-state index contributed by atoms with van der Waals surface area (Å²) in [5, 5.41) is 3.31. The zero-order valence-corrected chi connectivity index (χ0v) is 9.65. The maximum Gasteiger partial charge on any atom is 0.0577 e. The summed E-state index contributed by atoms with van der Waals surface area (Å²) in [6.45, 7) is 5.79. The fourth-order valence-corrected chi connectivity index (χ4v) is 2.18. The predicted molar refractivity (Wildman–Crippen MR) is 57.5 cm³/mol. The van der Waals surface area contributed by atoms with Crippen LogP contribution in [0.2, 0.25) is 0 Å². The van der Waals surface area contributed by atoms with Crippen molar-refractivity contribution < 1.29 is 8.95 Å². The Balaban J connectivity index is 3.41. The molecule has 80 valence electrons. The summed E-state index contributed by atoms with van der Waals surface area (Å²) in [6, 6.07) is 0.345. The topological polar surface area (TPSA) is 38.3 Å². The smallest absolute Gasteiger partial charge is 0.0577 e. The molecule has 0 amide bonds. The molecule has 13 heavy (non-hydrogen) atoms. The Hall–Kier alpha value is 0.0700. The summed E-state index contributed by atoms with van der Waals surface area (Å²) < 4.78 is 16.2. The van der Waals surface area contributed by atoms with Crippen LogP contribution in [0, 0.1) is 0 Å². The maximum absolute atomic E-state index is 11.4. The first kappa shape index (κ1) is 13.1. The molecule has 1 N–H and O–H groups in total.